The lowest BCUT2D eigenvalue weighted by Gasteiger charge is -2.23. The number of ether oxygens (including phenoxy) is 1. The number of benzene rings is 2. The second-order valence-electron chi connectivity index (χ2n) is 8.16. The molecule has 0 bridgehead atoms. The number of aliphatic hydroxyl groups is 1. The largest absolute Gasteiger partial charge is 0.491 e. The highest BCUT2D eigenvalue weighted by Crippen LogP contribution is 2.26. The molecule has 1 aromatic heterocycles. The second kappa shape index (κ2) is 9.51. The minimum Gasteiger partial charge on any atom is -0.491 e. The van der Waals surface area contributed by atoms with Gasteiger partial charge in [0.1, 0.15) is 24.3 Å². The second-order valence-corrected chi connectivity index (χ2v) is 8.16. The van der Waals surface area contributed by atoms with Crippen molar-refractivity contribution in [1.29, 1.82) is 0 Å². The van der Waals surface area contributed by atoms with E-state index in [1.165, 1.54) is 0 Å². The maximum absolute atomic E-state index is 10.5. The van der Waals surface area contributed by atoms with Gasteiger partial charge in [-0.05, 0) is 68.0 Å². The van der Waals surface area contributed by atoms with Crippen LogP contribution < -0.4 is 4.74 Å². The first-order chi connectivity index (χ1) is 14.6. The topological polar surface area (TPSA) is 61.7 Å². The molecule has 2 heterocycles. The summed E-state index contributed by atoms with van der Waals surface area (Å²) in [5.74, 6) is 1.54. The van der Waals surface area contributed by atoms with Crippen LogP contribution >= 0.6 is 0 Å². The standard InChI is InChI=1S/C24H30N4O2/c1-18-25-14-22(15-26-18)20-5-4-19-6-7-24(13-21(19)12-20)30-17-23(29)16-28-9-3-8-27(2)10-11-28/h4-7,12-15,23,29H,3,8-11,16-17H2,1-2H3. The molecule has 6 heteroatoms. The van der Waals surface area contributed by atoms with Crippen molar-refractivity contribution in [3.63, 3.8) is 0 Å². The predicted molar refractivity (Wildman–Crippen MR) is 120 cm³/mol. The Bertz CT molecular complexity index is 977. The normalized spacial score (nSPS) is 17.0. The van der Waals surface area contributed by atoms with Crippen LogP contribution in [0.1, 0.15) is 12.2 Å². The number of aromatic nitrogens is 2. The number of hydrogen-bond acceptors (Lipinski definition) is 6. The van der Waals surface area contributed by atoms with Crippen LogP contribution in [-0.2, 0) is 0 Å². The van der Waals surface area contributed by atoms with Gasteiger partial charge in [0.05, 0.1) is 0 Å². The molecule has 0 radical (unpaired) electrons. The van der Waals surface area contributed by atoms with Crippen LogP contribution in [0.4, 0.5) is 0 Å². The molecule has 2 aromatic carbocycles. The molecule has 1 saturated heterocycles. The molecule has 158 valence electrons. The fourth-order valence-electron chi connectivity index (χ4n) is 3.86. The molecule has 1 unspecified atom stereocenters. The van der Waals surface area contributed by atoms with Gasteiger partial charge in [-0.1, -0.05) is 18.2 Å². The zero-order chi connectivity index (χ0) is 20.9. The van der Waals surface area contributed by atoms with Gasteiger partial charge in [-0.2, -0.15) is 0 Å². The Balaban J connectivity index is 1.39. The summed E-state index contributed by atoms with van der Waals surface area (Å²) < 4.78 is 5.92. The quantitative estimate of drug-likeness (QED) is 0.679. The molecular weight excluding hydrogens is 376 g/mol. The monoisotopic (exact) mass is 406 g/mol. The van der Waals surface area contributed by atoms with Crippen molar-refractivity contribution in [2.45, 2.75) is 19.4 Å². The van der Waals surface area contributed by atoms with Gasteiger partial charge in [-0.3, -0.25) is 4.90 Å². The number of aliphatic hydroxyl groups excluding tert-OH is 1. The summed E-state index contributed by atoms with van der Waals surface area (Å²) >= 11 is 0. The molecule has 0 amide bonds. The fraction of sp³-hybridized carbons (Fsp3) is 0.417. The van der Waals surface area contributed by atoms with E-state index in [2.05, 4.69) is 51.1 Å². The van der Waals surface area contributed by atoms with Crippen molar-refractivity contribution >= 4 is 10.8 Å². The summed E-state index contributed by atoms with van der Waals surface area (Å²) in [4.78, 5) is 13.2. The van der Waals surface area contributed by atoms with Gasteiger partial charge in [0, 0.05) is 37.6 Å². The predicted octanol–water partition coefficient (Wildman–Crippen LogP) is 2.98. The molecule has 4 rings (SSSR count). The van der Waals surface area contributed by atoms with Gasteiger partial charge in [-0.15, -0.1) is 0 Å². The van der Waals surface area contributed by atoms with Crippen LogP contribution in [-0.4, -0.2) is 77.4 Å². The van der Waals surface area contributed by atoms with E-state index in [1.807, 2.05) is 31.5 Å². The Kier molecular flexibility index (Phi) is 6.57. The van der Waals surface area contributed by atoms with Crippen molar-refractivity contribution in [3.8, 4) is 16.9 Å². The van der Waals surface area contributed by atoms with Crippen LogP contribution in [0.5, 0.6) is 5.75 Å². The number of likely N-dealkylation sites (N-methyl/N-ethyl adjacent to an activating group) is 1. The Morgan fingerprint density at radius 2 is 1.77 bits per heavy atom. The van der Waals surface area contributed by atoms with Crippen molar-refractivity contribution < 1.29 is 9.84 Å². The third-order valence-electron chi connectivity index (χ3n) is 5.65. The first kappa shape index (κ1) is 20.7. The van der Waals surface area contributed by atoms with Crippen molar-refractivity contribution in [2.24, 2.45) is 0 Å². The van der Waals surface area contributed by atoms with E-state index in [1.54, 1.807) is 0 Å². The van der Waals surface area contributed by atoms with Gasteiger partial charge in [0.25, 0.3) is 0 Å². The van der Waals surface area contributed by atoms with Crippen molar-refractivity contribution in [1.82, 2.24) is 19.8 Å². The minimum atomic E-state index is -0.500. The van der Waals surface area contributed by atoms with Gasteiger partial charge in [0.15, 0.2) is 0 Å². The van der Waals surface area contributed by atoms with E-state index in [4.69, 9.17) is 4.74 Å². The molecule has 1 fully saturated rings. The molecule has 6 nitrogen and oxygen atoms in total. The van der Waals surface area contributed by atoms with E-state index in [0.717, 1.165) is 66.1 Å². The highest BCUT2D eigenvalue weighted by molar-refractivity contribution is 5.88. The lowest BCUT2D eigenvalue weighted by molar-refractivity contribution is 0.0696. The molecule has 1 atom stereocenters. The number of β-amino-alcohol motifs (C(OH)–C–C–N with tert-alkyl or cyclic N) is 1. The highest BCUT2D eigenvalue weighted by Gasteiger charge is 2.16. The van der Waals surface area contributed by atoms with Crippen LogP contribution in [0, 0.1) is 6.92 Å². The number of rotatable bonds is 6. The summed E-state index contributed by atoms with van der Waals surface area (Å²) in [7, 11) is 2.15. The van der Waals surface area contributed by atoms with Gasteiger partial charge >= 0.3 is 0 Å². The van der Waals surface area contributed by atoms with E-state index in [-0.39, 0.29) is 0 Å². The molecule has 3 aromatic rings. The van der Waals surface area contributed by atoms with Crippen LogP contribution in [0.15, 0.2) is 48.8 Å². The SMILES string of the molecule is Cc1ncc(-c2ccc3ccc(OCC(O)CN4CCCN(C)CC4)cc3c2)cn1. The first-order valence-electron chi connectivity index (χ1n) is 10.6. The third-order valence-corrected chi connectivity index (χ3v) is 5.65. The fourth-order valence-corrected chi connectivity index (χ4v) is 3.86. The van der Waals surface area contributed by atoms with Crippen molar-refractivity contribution in [2.75, 3.05) is 46.4 Å². The number of aryl methyl sites for hydroxylation is 1. The first-order valence-corrected chi connectivity index (χ1v) is 10.6. The van der Waals surface area contributed by atoms with E-state index < -0.39 is 6.10 Å². The van der Waals surface area contributed by atoms with E-state index >= 15 is 0 Å². The minimum absolute atomic E-state index is 0.295. The molecule has 1 aliphatic rings. The van der Waals surface area contributed by atoms with Crippen molar-refractivity contribution in [3.05, 3.63) is 54.6 Å². The average molecular weight is 407 g/mol. The Labute approximate surface area is 178 Å². The summed E-state index contributed by atoms with van der Waals surface area (Å²) in [6.45, 7) is 7.03. The lowest BCUT2D eigenvalue weighted by Crippen LogP contribution is -2.37. The molecule has 0 spiro atoms. The van der Waals surface area contributed by atoms with Gasteiger partial charge in [0.2, 0.25) is 0 Å². The summed E-state index contributed by atoms with van der Waals surface area (Å²) in [6.07, 6.45) is 4.34. The van der Waals surface area contributed by atoms with E-state index in [0.29, 0.717) is 13.2 Å². The number of fused-ring (bicyclic) bond motifs is 1. The zero-order valence-corrected chi connectivity index (χ0v) is 17.8. The molecular formula is C24H30N4O2. The molecule has 1 N–H and O–H groups in total. The molecule has 0 saturated carbocycles. The Morgan fingerprint density at radius 1 is 0.967 bits per heavy atom. The Hall–Kier alpha value is -2.54. The van der Waals surface area contributed by atoms with E-state index in [9.17, 15) is 5.11 Å². The average Bonchev–Trinajstić information content (AvgIpc) is 2.96. The van der Waals surface area contributed by atoms with Gasteiger partial charge < -0.3 is 14.7 Å². The maximum atomic E-state index is 10.5. The molecule has 30 heavy (non-hydrogen) atoms. The summed E-state index contributed by atoms with van der Waals surface area (Å²) in [5.41, 5.74) is 2.07. The maximum Gasteiger partial charge on any atom is 0.125 e. The zero-order valence-electron chi connectivity index (χ0n) is 17.8. The van der Waals surface area contributed by atoms with Gasteiger partial charge in [-0.25, -0.2) is 9.97 Å². The molecule has 1 aliphatic heterocycles. The van der Waals surface area contributed by atoms with Crippen LogP contribution in [0.2, 0.25) is 0 Å². The summed E-state index contributed by atoms with van der Waals surface area (Å²) in [5, 5.41) is 12.7. The summed E-state index contributed by atoms with van der Waals surface area (Å²) in [6, 6.07) is 12.3. The smallest absolute Gasteiger partial charge is 0.125 e. The van der Waals surface area contributed by atoms with Crippen LogP contribution in [0.25, 0.3) is 21.9 Å². The third kappa shape index (κ3) is 5.33. The van der Waals surface area contributed by atoms with Crippen LogP contribution in [0.3, 0.4) is 0 Å². The lowest BCUT2D eigenvalue weighted by atomic mass is 10.0. The number of hydrogen-bond donors (Lipinski definition) is 1. The molecule has 0 aliphatic carbocycles. The number of nitrogens with zero attached hydrogens (tertiary/aromatic N) is 4. The highest BCUT2D eigenvalue weighted by atomic mass is 16.5. The Morgan fingerprint density at radius 3 is 2.60 bits per heavy atom.